The van der Waals surface area contributed by atoms with E-state index in [-0.39, 0.29) is 28.1 Å². The van der Waals surface area contributed by atoms with Crippen LogP contribution in [0.25, 0.3) is 0 Å². The molecule has 0 bridgehead atoms. The van der Waals surface area contributed by atoms with Crippen LogP contribution in [0.2, 0.25) is 10.0 Å². The van der Waals surface area contributed by atoms with Crippen LogP contribution in [-0.2, 0) is 14.8 Å². The van der Waals surface area contributed by atoms with Crippen molar-refractivity contribution in [3.63, 3.8) is 0 Å². The lowest BCUT2D eigenvalue weighted by Gasteiger charge is -2.19. The summed E-state index contributed by atoms with van der Waals surface area (Å²) in [6, 6.07) is 15.2. The van der Waals surface area contributed by atoms with Crippen LogP contribution in [0.4, 0.5) is 11.4 Å². The summed E-state index contributed by atoms with van der Waals surface area (Å²) in [5, 5.41) is 3.26. The molecule has 172 valence electrons. The van der Waals surface area contributed by atoms with Crippen LogP contribution in [0.1, 0.15) is 0 Å². The normalized spacial score (nSPS) is 12.7. The lowest BCUT2D eigenvalue weighted by molar-refractivity contribution is -0.118. The first kappa shape index (κ1) is 23.0. The zero-order chi connectivity index (χ0) is 23.4. The second-order valence-electron chi connectivity index (χ2n) is 6.90. The summed E-state index contributed by atoms with van der Waals surface area (Å²) in [6.45, 7) is 0.669. The highest BCUT2D eigenvalue weighted by Crippen LogP contribution is 2.32. The molecule has 0 unspecified atom stereocenters. The fourth-order valence-electron chi connectivity index (χ4n) is 2.96. The van der Waals surface area contributed by atoms with Crippen molar-refractivity contribution in [2.75, 3.05) is 29.9 Å². The van der Waals surface area contributed by atoms with Crippen LogP contribution in [0.5, 0.6) is 17.2 Å². The van der Waals surface area contributed by atoms with Crippen molar-refractivity contribution in [1.29, 1.82) is 0 Å². The Balaban J connectivity index is 1.33. The van der Waals surface area contributed by atoms with Gasteiger partial charge in [-0.2, -0.15) is 0 Å². The first-order valence-electron chi connectivity index (χ1n) is 9.70. The van der Waals surface area contributed by atoms with E-state index in [9.17, 15) is 13.2 Å². The molecule has 0 fully saturated rings. The number of ether oxygens (including phenoxy) is 3. The van der Waals surface area contributed by atoms with Crippen molar-refractivity contribution in [2.45, 2.75) is 4.90 Å². The zero-order valence-corrected chi connectivity index (χ0v) is 19.3. The number of rotatable bonds is 7. The second kappa shape index (κ2) is 9.78. The predicted octanol–water partition coefficient (Wildman–Crippen LogP) is 4.58. The minimum Gasteiger partial charge on any atom is -0.486 e. The zero-order valence-electron chi connectivity index (χ0n) is 17.0. The van der Waals surface area contributed by atoms with Gasteiger partial charge in [0.2, 0.25) is 0 Å². The Kier molecular flexibility index (Phi) is 6.83. The molecule has 33 heavy (non-hydrogen) atoms. The molecule has 1 amide bonds. The minimum absolute atomic E-state index is 0.0154. The number of sulfonamides is 1. The van der Waals surface area contributed by atoms with E-state index in [1.54, 1.807) is 18.2 Å². The third-order valence-electron chi connectivity index (χ3n) is 4.50. The van der Waals surface area contributed by atoms with E-state index >= 15 is 0 Å². The number of halogens is 2. The summed E-state index contributed by atoms with van der Waals surface area (Å²) in [7, 11) is -3.85. The maximum Gasteiger partial charge on any atom is 0.262 e. The summed E-state index contributed by atoms with van der Waals surface area (Å²) in [5.41, 5.74) is 0.822. The topological polar surface area (TPSA) is 103 Å². The van der Waals surface area contributed by atoms with Gasteiger partial charge in [-0.05, 0) is 54.6 Å². The monoisotopic (exact) mass is 508 g/mol. The largest absolute Gasteiger partial charge is 0.486 e. The molecule has 0 aliphatic carbocycles. The highest BCUT2D eigenvalue weighted by Gasteiger charge is 2.16. The van der Waals surface area contributed by atoms with Gasteiger partial charge in [-0.25, -0.2) is 8.42 Å². The Morgan fingerprint density at radius 3 is 2.30 bits per heavy atom. The molecule has 0 aromatic heterocycles. The molecule has 0 saturated heterocycles. The van der Waals surface area contributed by atoms with Gasteiger partial charge in [0.15, 0.2) is 18.1 Å². The molecule has 4 rings (SSSR count). The van der Waals surface area contributed by atoms with Crippen LogP contribution in [0, 0.1) is 0 Å². The average Bonchev–Trinajstić information content (AvgIpc) is 2.80. The van der Waals surface area contributed by atoms with Gasteiger partial charge in [-0.1, -0.05) is 23.2 Å². The Morgan fingerprint density at radius 2 is 1.58 bits per heavy atom. The Hall–Kier alpha value is -3.14. The van der Waals surface area contributed by atoms with E-state index in [0.29, 0.717) is 41.2 Å². The first-order valence-corrected chi connectivity index (χ1v) is 11.9. The van der Waals surface area contributed by atoms with Crippen molar-refractivity contribution < 1.29 is 27.4 Å². The number of anilines is 2. The molecule has 0 spiro atoms. The molecule has 0 atom stereocenters. The standard InChI is InChI=1S/C22H18Cl2N2O6S/c23-18-7-1-15(11-19(18)24)26-33(28,29)17-5-3-16(4-6-17)32-13-22(27)25-14-2-8-20-21(12-14)31-10-9-30-20/h1-8,11-12,26H,9-10,13H2,(H,25,27). The number of fused-ring (bicyclic) bond motifs is 1. The average molecular weight is 509 g/mol. The number of hydrogen-bond donors (Lipinski definition) is 2. The molecule has 1 aliphatic rings. The van der Waals surface area contributed by atoms with Crippen LogP contribution in [0.15, 0.2) is 65.6 Å². The van der Waals surface area contributed by atoms with Gasteiger partial charge in [0.05, 0.1) is 20.6 Å². The Labute approximate surface area is 200 Å². The van der Waals surface area contributed by atoms with Gasteiger partial charge in [-0.3, -0.25) is 9.52 Å². The molecule has 8 nitrogen and oxygen atoms in total. The second-order valence-corrected chi connectivity index (χ2v) is 9.40. The number of carbonyl (C=O) groups is 1. The molecule has 3 aromatic rings. The van der Waals surface area contributed by atoms with E-state index in [1.807, 2.05) is 0 Å². The van der Waals surface area contributed by atoms with E-state index in [0.717, 1.165) is 0 Å². The molecule has 11 heteroatoms. The molecule has 0 radical (unpaired) electrons. The number of benzene rings is 3. The van der Waals surface area contributed by atoms with Crippen molar-refractivity contribution in [3.05, 3.63) is 70.7 Å². The number of hydrogen-bond acceptors (Lipinski definition) is 6. The fraction of sp³-hybridized carbons (Fsp3) is 0.136. The third kappa shape index (κ3) is 5.81. The molecule has 3 aromatic carbocycles. The van der Waals surface area contributed by atoms with E-state index in [1.165, 1.54) is 42.5 Å². The minimum atomic E-state index is -3.85. The van der Waals surface area contributed by atoms with Gasteiger partial charge in [0.25, 0.3) is 15.9 Å². The molecule has 1 heterocycles. The van der Waals surface area contributed by atoms with Crippen molar-refractivity contribution >= 4 is 50.5 Å². The fourth-order valence-corrected chi connectivity index (χ4v) is 4.30. The summed E-state index contributed by atoms with van der Waals surface area (Å²) >= 11 is 11.8. The molecular weight excluding hydrogens is 491 g/mol. The highest BCUT2D eigenvalue weighted by atomic mass is 35.5. The number of amides is 1. The van der Waals surface area contributed by atoms with Crippen molar-refractivity contribution in [1.82, 2.24) is 0 Å². The van der Waals surface area contributed by atoms with Crippen LogP contribution in [0.3, 0.4) is 0 Å². The quantitative estimate of drug-likeness (QED) is 0.484. The summed E-state index contributed by atoms with van der Waals surface area (Å²) < 4.78 is 43.9. The van der Waals surface area contributed by atoms with Gasteiger partial charge < -0.3 is 19.5 Å². The highest BCUT2D eigenvalue weighted by molar-refractivity contribution is 7.92. The first-order chi connectivity index (χ1) is 15.8. The Morgan fingerprint density at radius 1 is 0.879 bits per heavy atom. The lowest BCUT2D eigenvalue weighted by atomic mass is 10.2. The Bertz CT molecular complexity index is 1280. The van der Waals surface area contributed by atoms with Crippen molar-refractivity contribution in [3.8, 4) is 17.2 Å². The summed E-state index contributed by atoms with van der Waals surface area (Å²) in [4.78, 5) is 12.2. The van der Waals surface area contributed by atoms with Gasteiger partial charge >= 0.3 is 0 Å². The maximum atomic E-state index is 12.6. The van der Waals surface area contributed by atoms with Crippen LogP contribution < -0.4 is 24.2 Å². The SMILES string of the molecule is O=C(COc1ccc(S(=O)(=O)Nc2ccc(Cl)c(Cl)c2)cc1)Nc1ccc2c(c1)OCCO2. The third-order valence-corrected chi connectivity index (χ3v) is 6.64. The number of nitrogens with one attached hydrogen (secondary N) is 2. The number of carbonyl (C=O) groups excluding carboxylic acids is 1. The van der Waals surface area contributed by atoms with Gasteiger partial charge in [-0.15, -0.1) is 0 Å². The molecular formula is C22H18Cl2N2O6S. The van der Waals surface area contributed by atoms with E-state index in [4.69, 9.17) is 37.4 Å². The van der Waals surface area contributed by atoms with Crippen LogP contribution >= 0.6 is 23.2 Å². The van der Waals surface area contributed by atoms with E-state index in [2.05, 4.69) is 10.0 Å². The molecule has 0 saturated carbocycles. The van der Waals surface area contributed by atoms with Gasteiger partial charge in [0.1, 0.15) is 19.0 Å². The summed E-state index contributed by atoms with van der Waals surface area (Å²) in [6.07, 6.45) is 0. The predicted molar refractivity (Wildman–Crippen MR) is 125 cm³/mol. The smallest absolute Gasteiger partial charge is 0.262 e. The molecule has 1 aliphatic heterocycles. The van der Waals surface area contributed by atoms with Crippen LogP contribution in [-0.4, -0.2) is 34.1 Å². The van der Waals surface area contributed by atoms with Crippen molar-refractivity contribution in [2.24, 2.45) is 0 Å². The van der Waals surface area contributed by atoms with Gasteiger partial charge in [0, 0.05) is 11.8 Å². The lowest BCUT2D eigenvalue weighted by Crippen LogP contribution is -2.21. The maximum absolute atomic E-state index is 12.6. The molecule has 2 N–H and O–H groups in total. The summed E-state index contributed by atoms with van der Waals surface area (Å²) in [5.74, 6) is 1.14. The van der Waals surface area contributed by atoms with E-state index < -0.39 is 10.0 Å².